The van der Waals surface area contributed by atoms with Crippen molar-refractivity contribution in [2.24, 2.45) is 5.92 Å². The van der Waals surface area contributed by atoms with Gasteiger partial charge in [-0.25, -0.2) is 12.8 Å². The van der Waals surface area contributed by atoms with Crippen LogP contribution in [0.5, 0.6) is 5.75 Å². The third-order valence-corrected chi connectivity index (χ3v) is 7.13. The maximum absolute atomic E-state index is 13.9. The molecule has 6 nitrogen and oxygen atoms in total. The number of carbonyl (C=O) groups excluding carboxylic acids is 1. The summed E-state index contributed by atoms with van der Waals surface area (Å²) < 4.78 is 46.7. The van der Waals surface area contributed by atoms with E-state index < -0.39 is 15.9 Å². The minimum atomic E-state index is -3.70. The van der Waals surface area contributed by atoms with E-state index in [9.17, 15) is 17.6 Å². The molecule has 1 aliphatic heterocycles. The molecule has 1 heterocycles. The molecule has 0 aliphatic carbocycles. The molecule has 0 bridgehead atoms. The van der Waals surface area contributed by atoms with E-state index in [0.717, 1.165) is 0 Å². The summed E-state index contributed by atoms with van der Waals surface area (Å²) in [4.78, 5) is 14.6. The highest BCUT2D eigenvalue weighted by Gasteiger charge is 2.34. The molecule has 0 spiro atoms. The number of hydrogen-bond donors (Lipinski definition) is 0. The van der Waals surface area contributed by atoms with Crippen molar-refractivity contribution >= 4 is 15.9 Å². The minimum absolute atomic E-state index is 0.121. The Hall–Kier alpha value is -2.45. The van der Waals surface area contributed by atoms with Crippen molar-refractivity contribution in [1.29, 1.82) is 0 Å². The smallest absolute Gasteiger partial charge is 0.243 e. The quantitative estimate of drug-likeness (QED) is 0.671. The van der Waals surface area contributed by atoms with Gasteiger partial charge in [-0.2, -0.15) is 4.31 Å². The Labute approximate surface area is 177 Å². The third-order valence-electron chi connectivity index (χ3n) is 5.25. The fraction of sp³-hybridized carbons (Fsp3) is 0.409. The molecule has 30 heavy (non-hydrogen) atoms. The Morgan fingerprint density at radius 3 is 2.57 bits per heavy atom. The number of halogens is 1. The Kier molecular flexibility index (Phi) is 7.10. The van der Waals surface area contributed by atoms with Gasteiger partial charge in [-0.05, 0) is 50.1 Å². The van der Waals surface area contributed by atoms with Crippen molar-refractivity contribution in [3.63, 3.8) is 0 Å². The van der Waals surface area contributed by atoms with Gasteiger partial charge in [-0.15, -0.1) is 0 Å². The summed E-state index contributed by atoms with van der Waals surface area (Å²) in [7, 11) is -2.08. The standard InChI is InChI=1S/C22H27FN2O4S/c1-3-29-19-10-12-20(13-11-19)30(27,28)25-14-6-8-18(16-25)22(26)24(2)15-17-7-4-5-9-21(17)23/h4-5,7,9-13,18H,3,6,8,14-16H2,1-2H3/t18-/m1/s1. The van der Waals surface area contributed by atoms with Crippen LogP contribution in [0.4, 0.5) is 4.39 Å². The van der Waals surface area contributed by atoms with Gasteiger partial charge in [0.1, 0.15) is 11.6 Å². The molecule has 0 unspecified atom stereocenters. The van der Waals surface area contributed by atoms with Gasteiger partial charge in [-0.1, -0.05) is 18.2 Å². The molecule has 1 atom stereocenters. The molecule has 1 aliphatic rings. The highest BCUT2D eigenvalue weighted by atomic mass is 32.2. The van der Waals surface area contributed by atoms with E-state index in [1.165, 1.54) is 27.4 Å². The molecular formula is C22H27FN2O4S. The molecule has 1 amide bonds. The van der Waals surface area contributed by atoms with Crippen LogP contribution in [-0.2, 0) is 21.4 Å². The number of piperidine rings is 1. The van der Waals surface area contributed by atoms with Crippen molar-refractivity contribution < 1.29 is 22.3 Å². The van der Waals surface area contributed by atoms with E-state index >= 15 is 0 Å². The van der Waals surface area contributed by atoms with Gasteiger partial charge in [0.15, 0.2) is 0 Å². The second-order valence-electron chi connectivity index (χ2n) is 7.39. The average molecular weight is 435 g/mol. The third kappa shape index (κ3) is 4.99. The Morgan fingerprint density at radius 1 is 1.20 bits per heavy atom. The van der Waals surface area contributed by atoms with Gasteiger partial charge in [-0.3, -0.25) is 4.79 Å². The van der Waals surface area contributed by atoms with Crippen LogP contribution >= 0.6 is 0 Å². The highest BCUT2D eigenvalue weighted by Crippen LogP contribution is 2.26. The first-order valence-corrected chi connectivity index (χ1v) is 11.5. The average Bonchev–Trinajstić information content (AvgIpc) is 2.75. The van der Waals surface area contributed by atoms with Crippen LogP contribution in [0.3, 0.4) is 0 Å². The second kappa shape index (κ2) is 9.57. The molecule has 0 aromatic heterocycles. The summed E-state index contributed by atoms with van der Waals surface area (Å²) in [6.45, 7) is 3.00. The van der Waals surface area contributed by atoms with Crippen LogP contribution in [0.1, 0.15) is 25.3 Å². The van der Waals surface area contributed by atoms with Crippen LogP contribution in [0.15, 0.2) is 53.4 Å². The van der Waals surface area contributed by atoms with Crippen LogP contribution in [0, 0.1) is 11.7 Å². The van der Waals surface area contributed by atoms with Gasteiger partial charge in [0.2, 0.25) is 15.9 Å². The Morgan fingerprint density at radius 2 is 1.90 bits per heavy atom. The molecular weight excluding hydrogens is 407 g/mol. The molecule has 162 valence electrons. The van der Waals surface area contributed by atoms with Gasteiger partial charge < -0.3 is 9.64 Å². The molecule has 1 saturated heterocycles. The van der Waals surface area contributed by atoms with Crippen molar-refractivity contribution in [2.75, 3.05) is 26.7 Å². The van der Waals surface area contributed by atoms with Crippen LogP contribution in [-0.4, -0.2) is 50.3 Å². The van der Waals surface area contributed by atoms with E-state index in [1.54, 1.807) is 37.4 Å². The summed E-state index contributed by atoms with van der Waals surface area (Å²) in [5.41, 5.74) is 0.433. The fourth-order valence-corrected chi connectivity index (χ4v) is 5.18. The summed E-state index contributed by atoms with van der Waals surface area (Å²) in [5.74, 6) is -0.378. The number of ether oxygens (including phenoxy) is 1. The Balaban J connectivity index is 1.69. The number of sulfonamides is 1. The zero-order chi connectivity index (χ0) is 21.7. The lowest BCUT2D eigenvalue weighted by atomic mass is 9.98. The minimum Gasteiger partial charge on any atom is -0.494 e. The molecule has 0 N–H and O–H groups in total. The van der Waals surface area contributed by atoms with Gasteiger partial charge in [0.25, 0.3) is 0 Å². The van der Waals surface area contributed by atoms with E-state index in [0.29, 0.717) is 37.3 Å². The molecule has 2 aromatic carbocycles. The van der Waals surface area contributed by atoms with Crippen LogP contribution in [0.2, 0.25) is 0 Å². The lowest BCUT2D eigenvalue weighted by Gasteiger charge is -2.33. The van der Waals surface area contributed by atoms with Crippen molar-refractivity contribution in [1.82, 2.24) is 9.21 Å². The summed E-state index contributed by atoms with van der Waals surface area (Å²) in [5, 5.41) is 0. The molecule has 0 radical (unpaired) electrons. The predicted molar refractivity (Wildman–Crippen MR) is 112 cm³/mol. The lowest BCUT2D eigenvalue weighted by molar-refractivity contribution is -0.135. The van der Waals surface area contributed by atoms with Gasteiger partial charge >= 0.3 is 0 Å². The monoisotopic (exact) mass is 434 g/mol. The zero-order valence-electron chi connectivity index (χ0n) is 17.3. The number of benzene rings is 2. The largest absolute Gasteiger partial charge is 0.494 e. The summed E-state index contributed by atoms with van der Waals surface area (Å²) in [6, 6.07) is 12.6. The topological polar surface area (TPSA) is 66.9 Å². The first-order chi connectivity index (χ1) is 14.3. The first-order valence-electron chi connectivity index (χ1n) is 10.0. The normalized spacial score (nSPS) is 17.5. The van der Waals surface area contributed by atoms with E-state index in [2.05, 4.69) is 0 Å². The van der Waals surface area contributed by atoms with Crippen molar-refractivity contribution in [3.05, 3.63) is 59.9 Å². The molecule has 0 saturated carbocycles. The van der Waals surface area contributed by atoms with Crippen LogP contribution < -0.4 is 4.74 Å². The lowest BCUT2D eigenvalue weighted by Crippen LogP contribution is -2.45. The fourth-order valence-electron chi connectivity index (χ4n) is 3.66. The number of hydrogen-bond acceptors (Lipinski definition) is 4. The maximum atomic E-state index is 13.9. The molecule has 2 aromatic rings. The van der Waals surface area contributed by atoms with Gasteiger partial charge in [0.05, 0.1) is 17.4 Å². The number of rotatable bonds is 7. The molecule has 3 rings (SSSR count). The van der Waals surface area contributed by atoms with E-state index in [-0.39, 0.29) is 29.7 Å². The highest BCUT2D eigenvalue weighted by molar-refractivity contribution is 7.89. The summed E-state index contributed by atoms with van der Waals surface area (Å²) in [6.07, 6.45) is 1.20. The SMILES string of the molecule is CCOc1ccc(S(=O)(=O)N2CCC[C@@H](C(=O)N(C)Cc3ccccc3F)C2)cc1. The Bertz CT molecular complexity index is 979. The number of nitrogens with zero attached hydrogens (tertiary/aromatic N) is 2. The van der Waals surface area contributed by atoms with Crippen LogP contribution in [0.25, 0.3) is 0 Å². The number of amides is 1. The van der Waals surface area contributed by atoms with Gasteiger partial charge in [0, 0.05) is 32.2 Å². The molecule has 1 fully saturated rings. The summed E-state index contributed by atoms with van der Waals surface area (Å²) >= 11 is 0. The predicted octanol–water partition coefficient (Wildman–Crippen LogP) is 3.28. The number of carbonyl (C=O) groups is 1. The van der Waals surface area contributed by atoms with E-state index in [1.807, 2.05) is 6.92 Å². The second-order valence-corrected chi connectivity index (χ2v) is 9.33. The first kappa shape index (κ1) is 22.2. The maximum Gasteiger partial charge on any atom is 0.243 e. The van der Waals surface area contributed by atoms with Crippen molar-refractivity contribution in [2.45, 2.75) is 31.2 Å². The van der Waals surface area contributed by atoms with E-state index in [4.69, 9.17) is 4.74 Å². The molecule has 8 heteroatoms. The zero-order valence-corrected chi connectivity index (χ0v) is 18.1. The van der Waals surface area contributed by atoms with Crippen molar-refractivity contribution in [3.8, 4) is 5.75 Å².